The van der Waals surface area contributed by atoms with E-state index in [0.29, 0.717) is 36.0 Å². The number of nitrogens with one attached hydrogen (secondary N) is 3. The molecule has 0 saturated heterocycles. The van der Waals surface area contributed by atoms with E-state index in [2.05, 4.69) is 30.3 Å². The summed E-state index contributed by atoms with van der Waals surface area (Å²) in [6.07, 6.45) is 0.666. The van der Waals surface area contributed by atoms with Crippen LogP contribution in [0.25, 0.3) is 11.0 Å². The van der Waals surface area contributed by atoms with Gasteiger partial charge in [0.2, 0.25) is 6.79 Å². The quantitative estimate of drug-likeness (QED) is 0.404. The lowest BCUT2D eigenvalue weighted by molar-refractivity contribution is -0.0505. The zero-order chi connectivity index (χ0) is 20.9. The van der Waals surface area contributed by atoms with Crippen molar-refractivity contribution in [3.63, 3.8) is 0 Å². The molecule has 4 rings (SSSR count). The number of para-hydroxylation sites is 2. The maximum atomic E-state index is 12.8. The van der Waals surface area contributed by atoms with Gasteiger partial charge in [0.05, 0.1) is 11.0 Å². The molecule has 2 aromatic carbocycles. The summed E-state index contributed by atoms with van der Waals surface area (Å²) in [6, 6.07) is 10.9. The number of nitrogens with zero attached hydrogens (tertiary/aromatic N) is 2. The van der Waals surface area contributed by atoms with Gasteiger partial charge in [0.1, 0.15) is 11.6 Å². The van der Waals surface area contributed by atoms with Gasteiger partial charge in [-0.05, 0) is 18.2 Å². The van der Waals surface area contributed by atoms with E-state index in [1.54, 1.807) is 13.1 Å². The number of hydrogen-bond acceptors (Lipinski definition) is 5. The van der Waals surface area contributed by atoms with Gasteiger partial charge in [-0.15, -0.1) is 0 Å². The Morgan fingerprint density at radius 3 is 2.80 bits per heavy atom. The van der Waals surface area contributed by atoms with Crippen LogP contribution < -0.4 is 24.8 Å². The molecule has 3 aromatic rings. The molecule has 158 valence electrons. The van der Waals surface area contributed by atoms with Crippen molar-refractivity contribution in [2.75, 3.05) is 20.4 Å². The molecule has 0 saturated carbocycles. The van der Waals surface area contributed by atoms with Crippen molar-refractivity contribution >= 4 is 17.0 Å². The van der Waals surface area contributed by atoms with Crippen molar-refractivity contribution in [2.24, 2.45) is 4.99 Å². The minimum atomic E-state index is -2.94. The fraction of sp³-hybridized carbons (Fsp3) is 0.300. The highest BCUT2D eigenvalue weighted by Crippen LogP contribution is 2.38. The molecule has 2 heterocycles. The van der Waals surface area contributed by atoms with E-state index in [1.165, 1.54) is 6.07 Å². The zero-order valence-corrected chi connectivity index (χ0v) is 16.2. The summed E-state index contributed by atoms with van der Waals surface area (Å²) < 4.78 is 40.7. The summed E-state index contributed by atoms with van der Waals surface area (Å²) in [5.74, 6) is 2.28. The molecule has 0 fully saturated rings. The Kier molecular flexibility index (Phi) is 5.82. The van der Waals surface area contributed by atoms with E-state index in [9.17, 15) is 8.78 Å². The molecule has 1 aromatic heterocycles. The number of imidazole rings is 1. The summed E-state index contributed by atoms with van der Waals surface area (Å²) in [4.78, 5) is 12.0. The molecule has 0 radical (unpaired) electrons. The van der Waals surface area contributed by atoms with Crippen LogP contribution in [0.3, 0.4) is 0 Å². The first-order chi connectivity index (χ1) is 14.6. The number of alkyl halides is 2. The third-order valence-electron chi connectivity index (χ3n) is 4.53. The Labute approximate surface area is 171 Å². The second-order valence-electron chi connectivity index (χ2n) is 6.49. The van der Waals surface area contributed by atoms with E-state index in [0.717, 1.165) is 16.9 Å². The van der Waals surface area contributed by atoms with E-state index < -0.39 is 6.61 Å². The van der Waals surface area contributed by atoms with Crippen LogP contribution in [0.5, 0.6) is 17.2 Å². The lowest BCUT2D eigenvalue weighted by atomic mass is 10.1. The van der Waals surface area contributed by atoms with E-state index in [-0.39, 0.29) is 19.1 Å². The van der Waals surface area contributed by atoms with E-state index in [1.807, 2.05) is 24.3 Å². The molecule has 3 N–H and O–H groups in total. The first kappa shape index (κ1) is 19.7. The van der Waals surface area contributed by atoms with Crippen LogP contribution in [0.2, 0.25) is 0 Å². The fourth-order valence-corrected chi connectivity index (χ4v) is 3.13. The van der Waals surface area contributed by atoms with Gasteiger partial charge in [0.15, 0.2) is 17.5 Å². The fourth-order valence-electron chi connectivity index (χ4n) is 3.13. The molecule has 1 aliphatic rings. The van der Waals surface area contributed by atoms with Crippen LogP contribution in [-0.2, 0) is 13.0 Å². The molecule has 0 unspecified atom stereocenters. The highest BCUT2D eigenvalue weighted by Gasteiger charge is 2.20. The van der Waals surface area contributed by atoms with Gasteiger partial charge in [-0.3, -0.25) is 4.99 Å². The second kappa shape index (κ2) is 8.85. The summed E-state index contributed by atoms with van der Waals surface area (Å²) in [6.45, 7) is -2.10. The summed E-state index contributed by atoms with van der Waals surface area (Å²) in [7, 11) is 1.63. The number of H-pyrrole nitrogens is 1. The smallest absolute Gasteiger partial charge is 0.387 e. The van der Waals surface area contributed by atoms with Crippen molar-refractivity contribution in [2.45, 2.75) is 19.6 Å². The van der Waals surface area contributed by atoms with Crippen molar-refractivity contribution in [1.29, 1.82) is 0 Å². The molecule has 0 amide bonds. The van der Waals surface area contributed by atoms with E-state index >= 15 is 0 Å². The van der Waals surface area contributed by atoms with E-state index in [4.69, 9.17) is 9.47 Å². The summed E-state index contributed by atoms with van der Waals surface area (Å²) in [5.41, 5.74) is 2.41. The maximum absolute atomic E-state index is 12.8. The minimum absolute atomic E-state index is 0.0273. The highest BCUT2D eigenvalue weighted by molar-refractivity contribution is 5.79. The maximum Gasteiger partial charge on any atom is 0.387 e. The Hall–Kier alpha value is -3.56. The Morgan fingerprint density at radius 2 is 2.03 bits per heavy atom. The second-order valence-corrected chi connectivity index (χ2v) is 6.49. The molecule has 30 heavy (non-hydrogen) atoms. The van der Waals surface area contributed by atoms with Gasteiger partial charge in [-0.2, -0.15) is 8.78 Å². The number of hydrogen-bond donors (Lipinski definition) is 3. The van der Waals surface area contributed by atoms with Crippen LogP contribution in [0.15, 0.2) is 41.4 Å². The summed E-state index contributed by atoms with van der Waals surface area (Å²) in [5, 5.41) is 6.27. The standard InChI is InChI=1S/C20H21F2N5O3/c1-23-20(24-7-6-18-26-13-4-2-3-5-14(13)27-18)25-10-12-8-16-17(29-11-28-16)9-15(12)30-19(21)22/h2-5,8-9,19H,6-7,10-11H2,1H3,(H,26,27)(H2,23,24,25). The number of guanidine groups is 1. The summed E-state index contributed by atoms with van der Waals surface area (Å²) >= 11 is 0. The molecule has 8 nitrogen and oxygen atoms in total. The Balaban J connectivity index is 1.35. The normalized spacial score (nSPS) is 13.1. The van der Waals surface area contributed by atoms with Crippen molar-refractivity contribution in [1.82, 2.24) is 20.6 Å². The van der Waals surface area contributed by atoms with Gasteiger partial charge in [-0.1, -0.05) is 12.1 Å². The van der Waals surface area contributed by atoms with Crippen molar-refractivity contribution < 1.29 is 23.0 Å². The monoisotopic (exact) mass is 417 g/mol. The molecule has 0 bridgehead atoms. The molecule has 0 atom stereocenters. The molecular formula is C20H21F2N5O3. The number of fused-ring (bicyclic) bond motifs is 2. The molecule has 0 aliphatic carbocycles. The molecule has 0 spiro atoms. The number of aromatic amines is 1. The Morgan fingerprint density at radius 1 is 1.23 bits per heavy atom. The zero-order valence-electron chi connectivity index (χ0n) is 16.2. The third kappa shape index (κ3) is 4.53. The molecule has 10 heteroatoms. The van der Waals surface area contributed by atoms with Gasteiger partial charge >= 0.3 is 6.61 Å². The number of benzene rings is 2. The van der Waals surface area contributed by atoms with Crippen LogP contribution >= 0.6 is 0 Å². The van der Waals surface area contributed by atoms with Gasteiger partial charge in [-0.25, -0.2) is 4.98 Å². The highest BCUT2D eigenvalue weighted by atomic mass is 19.3. The van der Waals surface area contributed by atoms with Crippen LogP contribution in [0, 0.1) is 0 Å². The lowest BCUT2D eigenvalue weighted by Crippen LogP contribution is -2.38. The Bertz CT molecular complexity index is 1020. The first-order valence-electron chi connectivity index (χ1n) is 9.38. The third-order valence-corrected chi connectivity index (χ3v) is 4.53. The SMILES string of the molecule is CN=C(NCCc1nc2ccccc2[nH]1)NCc1cc2c(cc1OC(F)F)OCO2. The van der Waals surface area contributed by atoms with Gasteiger partial charge < -0.3 is 29.8 Å². The van der Waals surface area contributed by atoms with Gasteiger partial charge in [0.25, 0.3) is 0 Å². The lowest BCUT2D eigenvalue weighted by Gasteiger charge is -2.15. The first-order valence-corrected chi connectivity index (χ1v) is 9.38. The van der Waals surface area contributed by atoms with Crippen LogP contribution in [-0.4, -0.2) is 42.9 Å². The van der Waals surface area contributed by atoms with Crippen LogP contribution in [0.1, 0.15) is 11.4 Å². The average Bonchev–Trinajstić information content (AvgIpc) is 3.35. The predicted molar refractivity (Wildman–Crippen MR) is 107 cm³/mol. The minimum Gasteiger partial charge on any atom is -0.454 e. The van der Waals surface area contributed by atoms with Crippen LogP contribution in [0.4, 0.5) is 8.78 Å². The average molecular weight is 417 g/mol. The number of halogens is 2. The number of aliphatic imine (C=N–C) groups is 1. The number of rotatable bonds is 7. The predicted octanol–water partition coefficient (Wildman–Crippen LogP) is 2.80. The van der Waals surface area contributed by atoms with Crippen molar-refractivity contribution in [3.8, 4) is 17.2 Å². The largest absolute Gasteiger partial charge is 0.454 e. The molecular weight excluding hydrogens is 396 g/mol. The number of aromatic nitrogens is 2. The molecule has 1 aliphatic heterocycles. The van der Waals surface area contributed by atoms with Gasteiger partial charge in [0, 0.05) is 38.2 Å². The number of ether oxygens (including phenoxy) is 3. The topological polar surface area (TPSA) is 92.8 Å². The van der Waals surface area contributed by atoms with Crippen molar-refractivity contribution in [3.05, 3.63) is 47.8 Å².